The number of hydrogen-bond donors (Lipinski definition) is 1. The monoisotopic (exact) mass is 818 g/mol. The topological polar surface area (TPSA) is 152 Å². The van der Waals surface area contributed by atoms with Crippen LogP contribution in [0, 0.1) is 0 Å². The molecule has 2 amide bonds. The van der Waals surface area contributed by atoms with Crippen molar-refractivity contribution in [3.05, 3.63) is 50.6 Å². The second-order valence-corrected chi connectivity index (χ2v) is 15.1. The molecule has 19 heteroatoms. The number of pyridine rings is 2. The van der Waals surface area contributed by atoms with E-state index in [1.165, 1.54) is 12.7 Å². The van der Waals surface area contributed by atoms with Crippen LogP contribution in [0.25, 0.3) is 21.8 Å². The van der Waals surface area contributed by atoms with Gasteiger partial charge in [0.05, 0.1) is 0 Å². The van der Waals surface area contributed by atoms with Gasteiger partial charge >= 0.3 is 12.2 Å². The van der Waals surface area contributed by atoms with Gasteiger partial charge in [-0.15, -0.1) is 0 Å². The van der Waals surface area contributed by atoms with Crippen molar-refractivity contribution < 1.29 is 19.1 Å². The number of nitrogens with zero attached hydrogens (tertiary/aromatic N) is 9. The molecule has 0 radical (unpaired) electrons. The summed E-state index contributed by atoms with van der Waals surface area (Å²) in [7, 11) is 0. The minimum absolute atomic E-state index is 0. The van der Waals surface area contributed by atoms with Gasteiger partial charge in [-0.3, -0.25) is 0 Å². The molecule has 0 bridgehead atoms. The zero-order chi connectivity index (χ0) is 37.5. The van der Waals surface area contributed by atoms with Gasteiger partial charge in [-0.25, -0.2) is 39.5 Å². The van der Waals surface area contributed by atoms with E-state index >= 15 is 0 Å². The quantitative estimate of drug-likeness (QED) is 0.147. The molecule has 284 valence electrons. The Morgan fingerprint density at radius 2 is 1.08 bits per heavy atom. The highest BCUT2D eigenvalue weighted by Crippen LogP contribution is 2.30. The summed E-state index contributed by atoms with van der Waals surface area (Å²) in [6.45, 7) is 16.8. The average molecular weight is 821 g/mol. The zero-order valence-corrected chi connectivity index (χ0v) is 32.8. The summed E-state index contributed by atoms with van der Waals surface area (Å²) in [5.74, 6) is 0.736. The van der Waals surface area contributed by atoms with E-state index < -0.39 is 5.60 Å². The molecule has 0 saturated carbocycles. The van der Waals surface area contributed by atoms with Crippen molar-refractivity contribution in [3.8, 4) is 0 Å². The number of fused-ring (bicyclic) bond motifs is 2. The molecule has 2 saturated heterocycles. The highest BCUT2D eigenvalue weighted by molar-refractivity contribution is 6.39. The highest BCUT2D eigenvalue weighted by Gasteiger charge is 2.27. The first-order valence-electron chi connectivity index (χ1n) is 15.9. The second kappa shape index (κ2) is 18.7. The molecule has 4 aromatic rings. The van der Waals surface area contributed by atoms with Crippen molar-refractivity contribution in [3.63, 3.8) is 0 Å². The van der Waals surface area contributed by atoms with Crippen molar-refractivity contribution in [2.24, 2.45) is 0 Å². The summed E-state index contributed by atoms with van der Waals surface area (Å²) >= 11 is 29.4. The molecule has 0 unspecified atom stereocenters. The normalized spacial score (nSPS) is 14.8. The molecular weight excluding hydrogens is 778 g/mol. The van der Waals surface area contributed by atoms with Crippen LogP contribution < -0.4 is 10.2 Å². The minimum atomic E-state index is -0.502. The van der Waals surface area contributed by atoms with Gasteiger partial charge in [0, 0.05) is 63.1 Å². The summed E-state index contributed by atoms with van der Waals surface area (Å²) in [6, 6.07) is 3.28. The first kappa shape index (κ1) is 43.1. The molecule has 0 atom stereocenters. The Kier molecular flexibility index (Phi) is 15.5. The summed E-state index contributed by atoms with van der Waals surface area (Å²) in [6.07, 6.45) is 2.29. The third kappa shape index (κ3) is 12.4. The summed E-state index contributed by atoms with van der Waals surface area (Å²) < 4.78 is 10.7. The number of hydrogen-bond acceptors (Lipinski definition) is 12. The van der Waals surface area contributed by atoms with Crippen LogP contribution >= 0.6 is 58.0 Å². The van der Waals surface area contributed by atoms with Gasteiger partial charge in [0.15, 0.2) is 10.3 Å². The van der Waals surface area contributed by atoms with E-state index in [2.05, 4.69) is 40.1 Å². The van der Waals surface area contributed by atoms with Crippen LogP contribution in [0.3, 0.4) is 0 Å². The van der Waals surface area contributed by atoms with Gasteiger partial charge in [0.1, 0.15) is 56.2 Å². The largest absolute Gasteiger partial charge is 0.444 e. The lowest BCUT2D eigenvalue weighted by atomic mass is 10.2. The number of rotatable bonds is 1. The van der Waals surface area contributed by atoms with Crippen LogP contribution in [0.5, 0.6) is 0 Å². The molecule has 6 heterocycles. The van der Waals surface area contributed by atoms with Crippen molar-refractivity contribution in [1.29, 1.82) is 0 Å². The van der Waals surface area contributed by atoms with Crippen molar-refractivity contribution in [1.82, 2.24) is 45.0 Å². The summed E-state index contributed by atoms with van der Waals surface area (Å²) in [5.41, 5.74) is 0.177. The van der Waals surface area contributed by atoms with Crippen LogP contribution in [0.1, 0.15) is 49.0 Å². The fourth-order valence-corrected chi connectivity index (χ4v) is 5.94. The number of anilines is 1. The first-order chi connectivity index (χ1) is 23.9. The number of halogens is 5. The Labute approximate surface area is 328 Å². The lowest BCUT2D eigenvalue weighted by Gasteiger charge is -2.36. The number of nitrogens with one attached hydrogen (secondary N) is 1. The smallest absolute Gasteiger partial charge is 0.410 e. The predicted octanol–water partition coefficient (Wildman–Crippen LogP) is 7.84. The Hall–Kier alpha value is -3.27. The summed E-state index contributed by atoms with van der Waals surface area (Å²) in [4.78, 5) is 53.3. The van der Waals surface area contributed by atoms with Crippen LogP contribution in [0.4, 0.5) is 15.4 Å². The number of carbonyl (C=O) groups is 2. The lowest BCUT2D eigenvalue weighted by Crippen LogP contribution is -2.50. The van der Waals surface area contributed by atoms with Crippen molar-refractivity contribution in [2.75, 3.05) is 57.3 Å². The van der Waals surface area contributed by atoms with Gasteiger partial charge in [0.25, 0.3) is 0 Å². The van der Waals surface area contributed by atoms with E-state index in [0.29, 0.717) is 52.9 Å². The molecule has 52 heavy (non-hydrogen) atoms. The molecule has 4 aromatic heterocycles. The Bertz CT molecular complexity index is 1840. The fraction of sp³-hybridized carbons (Fsp3) is 0.515. The molecule has 1 N–H and O–H groups in total. The molecular formula is C33H43Cl5N10O4. The molecule has 2 fully saturated rings. The Morgan fingerprint density at radius 3 is 1.58 bits per heavy atom. The number of amides is 2. The standard InChI is InChI=1S/C16H19Cl2N5O2.C9H18N2O2.C7H2Cl3N3.CH4/c1-16(2,3)25-15(24)23-6-4-22(5-7-23)14-10-8-11(17)21-13(18)12(10)19-9-20-14;1-9(2,3)13-8(12)11-6-4-10-5-7-11;8-4-1-3-5(7(10)13-4)11-2-12-6(3)9;/h8-9H,4-7H2,1-3H3;10H,4-7H2,1-3H3;1-2H;1H4. The van der Waals surface area contributed by atoms with Gasteiger partial charge in [-0.05, 0) is 53.7 Å². The predicted molar refractivity (Wildman–Crippen MR) is 207 cm³/mol. The molecule has 0 aromatic carbocycles. The molecule has 0 spiro atoms. The van der Waals surface area contributed by atoms with E-state index in [1.54, 1.807) is 21.9 Å². The second-order valence-electron chi connectivity index (χ2n) is 13.3. The average Bonchev–Trinajstić information content (AvgIpc) is 3.05. The SMILES string of the molecule is C.CC(C)(C)OC(=O)N1CCN(c2ncnc3c(Cl)nc(Cl)cc23)CC1.CC(C)(C)OC(=O)N1CCNCC1.Clc1cc2c(Cl)ncnc2c(Cl)n1. The minimum Gasteiger partial charge on any atom is -0.444 e. The third-order valence-electron chi connectivity index (χ3n) is 7.03. The first-order valence-corrected chi connectivity index (χ1v) is 17.8. The zero-order valence-electron chi connectivity index (χ0n) is 29.0. The van der Waals surface area contributed by atoms with E-state index in [9.17, 15) is 9.59 Å². The fourth-order valence-electron chi connectivity index (χ4n) is 4.80. The Morgan fingerprint density at radius 1 is 0.635 bits per heavy atom. The highest BCUT2D eigenvalue weighted by atomic mass is 35.5. The van der Waals surface area contributed by atoms with Crippen LogP contribution in [0.15, 0.2) is 24.8 Å². The molecule has 2 aliphatic rings. The maximum absolute atomic E-state index is 12.2. The van der Waals surface area contributed by atoms with Crippen molar-refractivity contribution in [2.45, 2.75) is 60.2 Å². The lowest BCUT2D eigenvalue weighted by molar-refractivity contribution is 0.0223. The number of piperazine rings is 2. The van der Waals surface area contributed by atoms with Gasteiger partial charge in [-0.1, -0.05) is 65.4 Å². The van der Waals surface area contributed by atoms with Crippen molar-refractivity contribution >= 4 is 97.8 Å². The van der Waals surface area contributed by atoms with E-state index in [-0.39, 0.29) is 40.7 Å². The number of ether oxygens (including phenoxy) is 2. The number of aromatic nitrogens is 6. The molecule has 6 rings (SSSR count). The molecule has 2 aliphatic heterocycles. The van der Waals surface area contributed by atoms with E-state index in [4.69, 9.17) is 67.5 Å². The Balaban J connectivity index is 0.000000228. The molecule has 14 nitrogen and oxygen atoms in total. The van der Waals surface area contributed by atoms with Crippen LogP contribution in [-0.2, 0) is 9.47 Å². The van der Waals surface area contributed by atoms with E-state index in [1.807, 2.05) is 41.5 Å². The van der Waals surface area contributed by atoms with Gasteiger partial charge in [0.2, 0.25) is 0 Å². The number of carbonyl (C=O) groups excluding carboxylic acids is 2. The maximum atomic E-state index is 12.2. The van der Waals surface area contributed by atoms with Gasteiger partial charge in [-0.2, -0.15) is 0 Å². The van der Waals surface area contributed by atoms with E-state index in [0.717, 1.165) is 37.4 Å². The maximum Gasteiger partial charge on any atom is 0.410 e. The summed E-state index contributed by atoms with van der Waals surface area (Å²) in [5, 5.41) is 5.90. The molecule has 0 aliphatic carbocycles. The van der Waals surface area contributed by atoms with Crippen LogP contribution in [-0.4, -0.2) is 115 Å². The third-order valence-corrected chi connectivity index (χ3v) is 8.24. The van der Waals surface area contributed by atoms with Gasteiger partial charge < -0.3 is 29.5 Å². The van der Waals surface area contributed by atoms with Crippen LogP contribution in [0.2, 0.25) is 25.8 Å².